The fourth-order valence-corrected chi connectivity index (χ4v) is 5.44. The van der Waals surface area contributed by atoms with Crippen LogP contribution in [-0.2, 0) is 0 Å². The number of ether oxygens (including phenoxy) is 1. The minimum atomic E-state index is 0.632. The predicted octanol–water partition coefficient (Wildman–Crippen LogP) is 4.89. The Morgan fingerprint density at radius 1 is 1.05 bits per heavy atom. The smallest absolute Gasteiger partial charge is 0.143 e. The number of hydrogen-bond acceptors (Lipinski definition) is 2. The lowest BCUT2D eigenvalue weighted by Gasteiger charge is -2.54. The molecule has 2 nitrogen and oxygen atoms in total. The SMILES string of the molecule is COc1cc(Cl)c(C)cc1NC1C2CC3CC(C2)CC1C3. The first-order valence-corrected chi connectivity index (χ1v) is 8.62. The molecule has 0 spiro atoms. The zero-order valence-corrected chi connectivity index (χ0v) is 13.6. The Labute approximate surface area is 132 Å². The topological polar surface area (TPSA) is 21.3 Å². The molecule has 4 aliphatic carbocycles. The van der Waals surface area contributed by atoms with Crippen LogP contribution in [0.4, 0.5) is 5.69 Å². The molecule has 0 saturated heterocycles. The monoisotopic (exact) mass is 305 g/mol. The zero-order chi connectivity index (χ0) is 14.6. The molecule has 0 heterocycles. The molecule has 4 aliphatic rings. The highest BCUT2D eigenvalue weighted by atomic mass is 35.5. The minimum absolute atomic E-state index is 0.632. The lowest BCUT2D eigenvalue weighted by atomic mass is 9.54. The number of nitrogens with one attached hydrogen (secondary N) is 1. The van der Waals surface area contributed by atoms with E-state index in [-0.39, 0.29) is 0 Å². The van der Waals surface area contributed by atoms with Gasteiger partial charge >= 0.3 is 0 Å². The highest BCUT2D eigenvalue weighted by Gasteiger charge is 2.48. The van der Waals surface area contributed by atoms with E-state index in [1.54, 1.807) is 7.11 Å². The van der Waals surface area contributed by atoms with Crippen molar-refractivity contribution < 1.29 is 4.74 Å². The van der Waals surface area contributed by atoms with Gasteiger partial charge in [-0.1, -0.05) is 11.6 Å². The van der Waals surface area contributed by atoms with E-state index in [2.05, 4.69) is 18.3 Å². The number of halogens is 1. The van der Waals surface area contributed by atoms with E-state index < -0.39 is 0 Å². The summed E-state index contributed by atoms with van der Waals surface area (Å²) in [6.45, 7) is 2.06. The van der Waals surface area contributed by atoms with Crippen molar-refractivity contribution in [3.05, 3.63) is 22.7 Å². The van der Waals surface area contributed by atoms with E-state index >= 15 is 0 Å². The molecule has 1 aromatic carbocycles. The van der Waals surface area contributed by atoms with Crippen molar-refractivity contribution in [1.82, 2.24) is 0 Å². The summed E-state index contributed by atoms with van der Waals surface area (Å²) >= 11 is 6.22. The highest BCUT2D eigenvalue weighted by molar-refractivity contribution is 6.31. The van der Waals surface area contributed by atoms with Gasteiger partial charge in [0.25, 0.3) is 0 Å². The van der Waals surface area contributed by atoms with Crippen LogP contribution in [0, 0.1) is 30.6 Å². The van der Waals surface area contributed by atoms with Crippen LogP contribution >= 0.6 is 11.6 Å². The van der Waals surface area contributed by atoms with E-state index in [0.717, 1.165) is 45.7 Å². The van der Waals surface area contributed by atoms with Gasteiger partial charge in [-0.2, -0.15) is 0 Å². The number of aryl methyl sites for hydroxylation is 1. The molecule has 1 aromatic rings. The lowest BCUT2D eigenvalue weighted by Crippen LogP contribution is -2.51. The third-order valence-corrected chi connectivity index (χ3v) is 6.44. The van der Waals surface area contributed by atoms with Gasteiger partial charge in [0, 0.05) is 17.1 Å². The summed E-state index contributed by atoms with van der Waals surface area (Å²) in [5, 5.41) is 4.61. The van der Waals surface area contributed by atoms with Crippen LogP contribution in [0.2, 0.25) is 5.02 Å². The van der Waals surface area contributed by atoms with Crippen molar-refractivity contribution in [2.45, 2.75) is 45.1 Å². The van der Waals surface area contributed by atoms with Crippen molar-refractivity contribution in [3.8, 4) is 5.75 Å². The quantitative estimate of drug-likeness (QED) is 0.858. The Kier molecular flexibility index (Phi) is 3.33. The van der Waals surface area contributed by atoms with Gasteiger partial charge in [0.1, 0.15) is 5.75 Å². The molecule has 21 heavy (non-hydrogen) atoms. The summed E-state index contributed by atoms with van der Waals surface area (Å²) in [6, 6.07) is 4.72. The Hall–Kier alpha value is -0.890. The van der Waals surface area contributed by atoms with Crippen LogP contribution in [0.15, 0.2) is 12.1 Å². The van der Waals surface area contributed by atoms with Crippen LogP contribution in [0.25, 0.3) is 0 Å². The molecule has 0 amide bonds. The Bertz CT molecular complexity index is 528. The van der Waals surface area contributed by atoms with Gasteiger partial charge in [-0.15, -0.1) is 0 Å². The second-order valence-corrected chi connectivity index (χ2v) is 7.81. The second kappa shape index (κ2) is 5.08. The molecule has 0 aromatic heterocycles. The molecule has 4 saturated carbocycles. The molecule has 4 fully saturated rings. The molecule has 5 rings (SSSR count). The Morgan fingerprint density at radius 2 is 1.67 bits per heavy atom. The fraction of sp³-hybridized carbons (Fsp3) is 0.667. The first-order chi connectivity index (χ1) is 10.1. The van der Waals surface area contributed by atoms with Crippen molar-refractivity contribution in [1.29, 1.82) is 0 Å². The molecule has 3 heteroatoms. The molecular formula is C18H24ClNO. The molecule has 0 atom stereocenters. The first kappa shape index (κ1) is 13.8. The lowest BCUT2D eigenvalue weighted by molar-refractivity contribution is 0.00748. The molecule has 0 radical (unpaired) electrons. The average Bonchev–Trinajstić information content (AvgIpc) is 2.45. The number of benzene rings is 1. The van der Waals surface area contributed by atoms with Gasteiger partial charge in [-0.25, -0.2) is 0 Å². The van der Waals surface area contributed by atoms with Crippen LogP contribution in [-0.4, -0.2) is 13.2 Å². The van der Waals surface area contributed by atoms with E-state index in [1.165, 1.54) is 32.1 Å². The van der Waals surface area contributed by atoms with Gasteiger partial charge in [-0.05, 0) is 74.3 Å². The van der Waals surface area contributed by atoms with E-state index in [0.29, 0.717) is 6.04 Å². The zero-order valence-electron chi connectivity index (χ0n) is 12.9. The summed E-state index contributed by atoms with van der Waals surface area (Å²) in [4.78, 5) is 0. The summed E-state index contributed by atoms with van der Waals surface area (Å²) in [6.07, 6.45) is 7.22. The van der Waals surface area contributed by atoms with Crippen LogP contribution in [0.3, 0.4) is 0 Å². The first-order valence-electron chi connectivity index (χ1n) is 8.24. The third kappa shape index (κ3) is 2.32. The number of rotatable bonds is 3. The molecule has 4 bridgehead atoms. The van der Waals surface area contributed by atoms with Crippen LogP contribution in [0.1, 0.15) is 37.7 Å². The minimum Gasteiger partial charge on any atom is -0.495 e. The van der Waals surface area contributed by atoms with Crippen molar-refractivity contribution >= 4 is 17.3 Å². The van der Waals surface area contributed by atoms with Gasteiger partial charge in [0.2, 0.25) is 0 Å². The number of methoxy groups -OCH3 is 1. The van der Waals surface area contributed by atoms with E-state index in [1.807, 2.05) is 6.07 Å². The van der Waals surface area contributed by atoms with E-state index in [4.69, 9.17) is 16.3 Å². The van der Waals surface area contributed by atoms with Crippen LogP contribution in [0.5, 0.6) is 5.75 Å². The molecular weight excluding hydrogens is 282 g/mol. The van der Waals surface area contributed by atoms with Crippen molar-refractivity contribution in [2.24, 2.45) is 23.7 Å². The van der Waals surface area contributed by atoms with E-state index in [9.17, 15) is 0 Å². The summed E-state index contributed by atoms with van der Waals surface area (Å²) in [5.41, 5.74) is 2.24. The maximum Gasteiger partial charge on any atom is 0.143 e. The predicted molar refractivity (Wildman–Crippen MR) is 87.2 cm³/mol. The highest BCUT2D eigenvalue weighted by Crippen LogP contribution is 2.54. The van der Waals surface area contributed by atoms with Gasteiger partial charge in [-0.3, -0.25) is 0 Å². The fourth-order valence-electron chi connectivity index (χ4n) is 5.29. The maximum absolute atomic E-state index is 6.22. The second-order valence-electron chi connectivity index (χ2n) is 7.40. The van der Waals surface area contributed by atoms with Gasteiger partial charge < -0.3 is 10.1 Å². The maximum atomic E-state index is 6.22. The van der Waals surface area contributed by atoms with Gasteiger partial charge in [0.15, 0.2) is 0 Å². The number of anilines is 1. The largest absolute Gasteiger partial charge is 0.495 e. The van der Waals surface area contributed by atoms with Crippen LogP contribution < -0.4 is 10.1 Å². The molecule has 1 N–H and O–H groups in total. The summed E-state index contributed by atoms with van der Waals surface area (Å²) < 4.78 is 5.53. The van der Waals surface area contributed by atoms with Gasteiger partial charge in [0.05, 0.1) is 12.8 Å². The average molecular weight is 306 g/mol. The number of hydrogen-bond donors (Lipinski definition) is 1. The summed E-state index contributed by atoms with van der Waals surface area (Å²) in [5.74, 6) is 4.63. The Morgan fingerprint density at radius 3 is 2.24 bits per heavy atom. The normalized spacial score (nSPS) is 36.8. The molecule has 114 valence electrons. The molecule has 0 aliphatic heterocycles. The molecule has 0 unspecified atom stereocenters. The third-order valence-electron chi connectivity index (χ3n) is 6.03. The Balaban J connectivity index is 1.60. The van der Waals surface area contributed by atoms with Crippen molar-refractivity contribution in [2.75, 3.05) is 12.4 Å². The standard InChI is InChI=1S/C18H24ClNO/c1-10-3-16(17(21-2)9-15(10)19)20-18-13-5-11-4-12(7-13)8-14(18)6-11/h3,9,11-14,18,20H,4-8H2,1-2H3. The van der Waals surface area contributed by atoms with Crippen molar-refractivity contribution in [3.63, 3.8) is 0 Å². The summed E-state index contributed by atoms with van der Waals surface area (Å²) in [7, 11) is 1.73.